The topological polar surface area (TPSA) is 155 Å². The summed E-state index contributed by atoms with van der Waals surface area (Å²) in [6, 6.07) is 1.12. The number of nitrogens with zero attached hydrogens (tertiary/aromatic N) is 1. The summed E-state index contributed by atoms with van der Waals surface area (Å²) in [6.07, 6.45) is -2.65. The molecule has 2 atom stereocenters. The molecule has 0 aliphatic rings. The molecule has 0 bridgehead atoms. The van der Waals surface area contributed by atoms with Gasteiger partial charge in [0, 0.05) is 18.3 Å². The second-order valence-electron chi connectivity index (χ2n) is 5.90. The molecular weight excluding hydrogens is 306 g/mol. The van der Waals surface area contributed by atoms with E-state index < -0.39 is 29.9 Å². The Morgan fingerprint density at radius 2 is 2.00 bits per heavy atom. The molecule has 0 aromatic carbocycles. The SMILES string of the molecule is CC(C)(C)OC(=O)NCC(O)C(O)c1cc(C(=O)O)cnc1N. The summed E-state index contributed by atoms with van der Waals surface area (Å²) in [5.74, 6) is -1.36. The zero-order valence-electron chi connectivity index (χ0n) is 13.1. The van der Waals surface area contributed by atoms with Crippen LogP contribution in [0.15, 0.2) is 12.3 Å². The molecule has 0 aliphatic heterocycles. The van der Waals surface area contributed by atoms with Crippen LogP contribution in [0.1, 0.15) is 42.8 Å². The lowest BCUT2D eigenvalue weighted by Crippen LogP contribution is -2.39. The molecular formula is C14H21N3O6. The Labute approximate surface area is 133 Å². The van der Waals surface area contributed by atoms with Gasteiger partial charge in [0.2, 0.25) is 0 Å². The fourth-order valence-corrected chi connectivity index (χ4v) is 1.67. The maximum atomic E-state index is 11.5. The van der Waals surface area contributed by atoms with E-state index in [1.54, 1.807) is 20.8 Å². The molecule has 9 nitrogen and oxygen atoms in total. The van der Waals surface area contributed by atoms with Gasteiger partial charge in [0.25, 0.3) is 0 Å². The predicted molar refractivity (Wildman–Crippen MR) is 80.8 cm³/mol. The van der Waals surface area contributed by atoms with Gasteiger partial charge in [-0.15, -0.1) is 0 Å². The average molecular weight is 327 g/mol. The first-order chi connectivity index (χ1) is 10.5. The highest BCUT2D eigenvalue weighted by Gasteiger charge is 2.24. The molecule has 0 spiro atoms. The molecule has 1 aromatic heterocycles. The molecule has 9 heteroatoms. The quantitative estimate of drug-likeness (QED) is 0.516. The van der Waals surface area contributed by atoms with Crippen LogP contribution in [0.4, 0.5) is 10.6 Å². The van der Waals surface area contributed by atoms with Crippen LogP contribution in [0.25, 0.3) is 0 Å². The van der Waals surface area contributed by atoms with Crippen molar-refractivity contribution < 1.29 is 29.6 Å². The zero-order valence-corrected chi connectivity index (χ0v) is 13.1. The third kappa shape index (κ3) is 5.72. The fourth-order valence-electron chi connectivity index (χ4n) is 1.67. The van der Waals surface area contributed by atoms with Crippen LogP contribution >= 0.6 is 0 Å². The molecule has 23 heavy (non-hydrogen) atoms. The number of carboxylic acids is 1. The molecule has 0 fully saturated rings. The number of nitrogen functional groups attached to an aromatic ring is 1. The minimum absolute atomic E-state index is 0.0385. The predicted octanol–water partition coefficient (Wildman–Crippen LogP) is 0.281. The molecule has 0 aliphatic carbocycles. The lowest BCUT2D eigenvalue weighted by Gasteiger charge is -2.22. The number of hydrogen-bond donors (Lipinski definition) is 5. The van der Waals surface area contributed by atoms with Crippen molar-refractivity contribution in [1.82, 2.24) is 10.3 Å². The molecule has 2 unspecified atom stereocenters. The number of ether oxygens (including phenoxy) is 1. The second-order valence-corrected chi connectivity index (χ2v) is 5.90. The number of pyridine rings is 1. The summed E-state index contributed by atoms with van der Waals surface area (Å²) in [4.78, 5) is 26.1. The Morgan fingerprint density at radius 3 is 2.52 bits per heavy atom. The number of aromatic nitrogens is 1. The van der Waals surface area contributed by atoms with Crippen LogP contribution in [0.2, 0.25) is 0 Å². The summed E-state index contributed by atoms with van der Waals surface area (Å²) in [7, 11) is 0. The van der Waals surface area contributed by atoms with E-state index in [4.69, 9.17) is 15.6 Å². The van der Waals surface area contributed by atoms with E-state index in [-0.39, 0.29) is 23.5 Å². The van der Waals surface area contributed by atoms with E-state index in [9.17, 15) is 19.8 Å². The highest BCUT2D eigenvalue weighted by molar-refractivity contribution is 5.87. The molecule has 1 rings (SSSR count). The first-order valence-electron chi connectivity index (χ1n) is 6.83. The van der Waals surface area contributed by atoms with E-state index >= 15 is 0 Å². The van der Waals surface area contributed by atoms with Crippen molar-refractivity contribution in [3.05, 3.63) is 23.4 Å². The minimum atomic E-state index is -1.52. The number of amides is 1. The molecule has 6 N–H and O–H groups in total. The number of carboxylic acid groups (broad SMARTS) is 1. The van der Waals surface area contributed by atoms with Crippen molar-refractivity contribution in [3.63, 3.8) is 0 Å². The summed E-state index contributed by atoms with van der Waals surface area (Å²) in [5.41, 5.74) is 4.67. The van der Waals surface area contributed by atoms with Gasteiger partial charge in [-0.25, -0.2) is 14.6 Å². The molecule has 0 saturated carbocycles. The summed E-state index contributed by atoms with van der Waals surface area (Å²) >= 11 is 0. The fraction of sp³-hybridized carbons (Fsp3) is 0.500. The number of carbonyl (C=O) groups is 2. The standard InChI is InChI=1S/C14H21N3O6/c1-14(2,3)23-13(22)17-6-9(18)10(19)8-4-7(12(20)21)5-16-11(8)15/h4-5,9-10,18-19H,6H2,1-3H3,(H2,15,16)(H,17,22)(H,20,21). The monoisotopic (exact) mass is 327 g/mol. The Balaban J connectivity index is 2.73. The highest BCUT2D eigenvalue weighted by Crippen LogP contribution is 2.22. The number of rotatable bonds is 5. The van der Waals surface area contributed by atoms with Crippen LogP contribution in [-0.4, -0.2) is 50.6 Å². The third-order valence-corrected chi connectivity index (χ3v) is 2.73. The Kier molecular flexibility index (Phi) is 5.88. The van der Waals surface area contributed by atoms with Crippen molar-refractivity contribution in [2.45, 2.75) is 38.6 Å². The summed E-state index contributed by atoms with van der Waals surface area (Å²) < 4.78 is 4.99. The second kappa shape index (κ2) is 7.25. The van der Waals surface area contributed by atoms with Crippen LogP contribution in [0, 0.1) is 0 Å². The van der Waals surface area contributed by atoms with Gasteiger partial charge in [-0.2, -0.15) is 0 Å². The van der Waals surface area contributed by atoms with Crippen LogP contribution in [-0.2, 0) is 4.74 Å². The highest BCUT2D eigenvalue weighted by atomic mass is 16.6. The number of nitrogens with one attached hydrogen (secondary N) is 1. The lowest BCUT2D eigenvalue weighted by molar-refractivity contribution is 0.0131. The number of anilines is 1. The number of aliphatic hydroxyl groups is 2. The molecule has 1 aromatic rings. The van der Waals surface area contributed by atoms with Crippen molar-refractivity contribution in [2.24, 2.45) is 0 Å². The average Bonchev–Trinajstić information content (AvgIpc) is 2.42. The maximum Gasteiger partial charge on any atom is 0.407 e. The largest absolute Gasteiger partial charge is 0.478 e. The Bertz CT molecular complexity index is 584. The van der Waals surface area contributed by atoms with Crippen LogP contribution < -0.4 is 11.1 Å². The van der Waals surface area contributed by atoms with Gasteiger partial charge in [0.05, 0.1) is 5.56 Å². The number of aliphatic hydroxyl groups excluding tert-OH is 2. The van der Waals surface area contributed by atoms with Crippen molar-refractivity contribution in [2.75, 3.05) is 12.3 Å². The number of hydrogen-bond acceptors (Lipinski definition) is 7. The van der Waals surface area contributed by atoms with E-state index in [0.29, 0.717) is 0 Å². The first kappa shape index (κ1) is 18.7. The first-order valence-corrected chi connectivity index (χ1v) is 6.83. The van der Waals surface area contributed by atoms with Gasteiger partial charge < -0.3 is 31.1 Å². The van der Waals surface area contributed by atoms with Crippen LogP contribution in [0.3, 0.4) is 0 Å². The van der Waals surface area contributed by atoms with E-state index in [0.717, 1.165) is 12.3 Å². The lowest BCUT2D eigenvalue weighted by atomic mass is 10.0. The molecule has 1 amide bonds. The maximum absolute atomic E-state index is 11.5. The smallest absolute Gasteiger partial charge is 0.407 e. The molecule has 0 saturated heterocycles. The van der Waals surface area contributed by atoms with Gasteiger partial charge in [-0.05, 0) is 26.8 Å². The van der Waals surface area contributed by atoms with E-state index in [1.165, 1.54) is 0 Å². The number of alkyl carbamates (subject to hydrolysis) is 1. The van der Waals surface area contributed by atoms with Gasteiger partial charge in [-0.3, -0.25) is 0 Å². The Hall–Kier alpha value is -2.39. The van der Waals surface area contributed by atoms with Crippen molar-refractivity contribution in [1.29, 1.82) is 0 Å². The van der Waals surface area contributed by atoms with Crippen molar-refractivity contribution in [3.8, 4) is 0 Å². The molecule has 1 heterocycles. The van der Waals surface area contributed by atoms with Gasteiger partial charge in [-0.1, -0.05) is 0 Å². The number of nitrogens with two attached hydrogens (primary N) is 1. The van der Waals surface area contributed by atoms with E-state index in [1.807, 2.05) is 0 Å². The Morgan fingerprint density at radius 1 is 1.39 bits per heavy atom. The molecule has 0 radical (unpaired) electrons. The number of aromatic carboxylic acids is 1. The summed E-state index contributed by atoms with van der Waals surface area (Å²) in [6.45, 7) is 4.73. The minimum Gasteiger partial charge on any atom is -0.478 e. The zero-order chi connectivity index (χ0) is 17.8. The third-order valence-electron chi connectivity index (χ3n) is 2.73. The summed E-state index contributed by atoms with van der Waals surface area (Å²) in [5, 5.41) is 31.2. The van der Waals surface area contributed by atoms with Gasteiger partial charge in [0.15, 0.2) is 0 Å². The van der Waals surface area contributed by atoms with Gasteiger partial charge in [0.1, 0.15) is 23.6 Å². The van der Waals surface area contributed by atoms with Crippen molar-refractivity contribution >= 4 is 17.9 Å². The normalized spacial score (nSPS) is 14.0. The number of carbonyl (C=O) groups excluding carboxylic acids is 1. The van der Waals surface area contributed by atoms with Gasteiger partial charge >= 0.3 is 12.1 Å². The van der Waals surface area contributed by atoms with Crippen LogP contribution in [0.5, 0.6) is 0 Å². The molecule has 128 valence electrons. The van der Waals surface area contributed by atoms with E-state index in [2.05, 4.69) is 10.3 Å².